The summed E-state index contributed by atoms with van der Waals surface area (Å²) in [6.45, 7) is 9.63. The average molecular weight is 225 g/mol. The summed E-state index contributed by atoms with van der Waals surface area (Å²) in [6.07, 6.45) is 2.21. The number of carbonyl (C=O) groups is 1. The van der Waals surface area contributed by atoms with Crippen LogP contribution in [0.5, 0.6) is 0 Å². The topological polar surface area (TPSA) is 38.3 Å². The van der Waals surface area contributed by atoms with E-state index in [1.807, 2.05) is 0 Å². The summed E-state index contributed by atoms with van der Waals surface area (Å²) in [5, 5.41) is 2.91. The van der Waals surface area contributed by atoms with Crippen LogP contribution in [0, 0.1) is 17.3 Å². The lowest BCUT2D eigenvalue weighted by Crippen LogP contribution is -2.29. The monoisotopic (exact) mass is 225 g/mol. The number of nitrogens with one attached hydrogen (secondary N) is 1. The fourth-order valence-electron chi connectivity index (χ4n) is 2.23. The molecule has 2 atom stereocenters. The number of allylic oxidation sites excluding steroid dienone is 2. The lowest BCUT2D eigenvalue weighted by atomic mass is 10.1. The second kappa shape index (κ2) is 5.00. The van der Waals surface area contributed by atoms with Gasteiger partial charge in [-0.15, -0.1) is 0 Å². The fraction of sp³-hybridized carbons (Fsp3) is 0.769. The smallest absolute Gasteiger partial charge is 0.224 e. The molecule has 92 valence electrons. The van der Waals surface area contributed by atoms with Gasteiger partial charge in [0, 0.05) is 13.7 Å². The Morgan fingerprint density at radius 1 is 1.44 bits per heavy atom. The van der Waals surface area contributed by atoms with Gasteiger partial charge in [-0.25, -0.2) is 0 Å². The van der Waals surface area contributed by atoms with Crippen LogP contribution in [0.2, 0.25) is 0 Å². The number of carbonyl (C=O) groups excluding carboxylic acids is 1. The zero-order valence-electron chi connectivity index (χ0n) is 11.0. The van der Waals surface area contributed by atoms with Crippen LogP contribution in [0.1, 0.15) is 27.7 Å². The normalized spacial score (nSPS) is 26.1. The van der Waals surface area contributed by atoms with Crippen molar-refractivity contribution in [1.29, 1.82) is 0 Å². The van der Waals surface area contributed by atoms with E-state index in [-0.39, 0.29) is 17.2 Å². The van der Waals surface area contributed by atoms with E-state index in [2.05, 4.69) is 39.1 Å². The first-order valence-electron chi connectivity index (χ1n) is 5.83. The molecule has 1 aliphatic rings. The molecule has 0 bridgehead atoms. The molecular weight excluding hydrogens is 202 g/mol. The molecule has 1 amide bonds. The summed E-state index contributed by atoms with van der Waals surface area (Å²) < 4.78 is 4.91. The molecule has 3 nitrogen and oxygen atoms in total. The lowest BCUT2D eigenvalue weighted by molar-refractivity contribution is -0.123. The molecular formula is C13H23NO2. The van der Waals surface area contributed by atoms with E-state index in [0.717, 1.165) is 0 Å². The Hall–Kier alpha value is -0.830. The molecule has 0 aliphatic heterocycles. The number of methoxy groups -OCH3 is 1. The van der Waals surface area contributed by atoms with Crippen molar-refractivity contribution in [3.8, 4) is 0 Å². The first kappa shape index (κ1) is 13.2. The van der Waals surface area contributed by atoms with Gasteiger partial charge < -0.3 is 10.1 Å². The van der Waals surface area contributed by atoms with E-state index in [0.29, 0.717) is 19.1 Å². The fourth-order valence-corrected chi connectivity index (χ4v) is 2.23. The molecule has 0 aromatic carbocycles. The number of rotatable bonds is 5. The maximum Gasteiger partial charge on any atom is 0.224 e. The molecule has 0 radical (unpaired) electrons. The molecule has 0 saturated heterocycles. The molecule has 1 aliphatic carbocycles. The van der Waals surface area contributed by atoms with Crippen molar-refractivity contribution in [2.75, 3.05) is 20.3 Å². The Morgan fingerprint density at radius 3 is 2.56 bits per heavy atom. The lowest BCUT2D eigenvalue weighted by Gasteiger charge is -2.04. The first-order chi connectivity index (χ1) is 7.41. The summed E-state index contributed by atoms with van der Waals surface area (Å²) in [4.78, 5) is 11.9. The van der Waals surface area contributed by atoms with Crippen molar-refractivity contribution >= 4 is 5.91 Å². The Bertz CT molecular complexity index is 290. The molecule has 0 spiro atoms. The van der Waals surface area contributed by atoms with Gasteiger partial charge in [0.05, 0.1) is 12.5 Å². The first-order valence-corrected chi connectivity index (χ1v) is 5.83. The van der Waals surface area contributed by atoms with Crippen LogP contribution in [-0.2, 0) is 9.53 Å². The SMILES string of the molecule is COCCNC(=O)C1C(C=C(C)C)C1(C)C. The van der Waals surface area contributed by atoms with Gasteiger partial charge >= 0.3 is 0 Å². The van der Waals surface area contributed by atoms with E-state index in [9.17, 15) is 4.79 Å². The van der Waals surface area contributed by atoms with Crippen LogP contribution in [0.4, 0.5) is 0 Å². The van der Waals surface area contributed by atoms with Crippen molar-refractivity contribution < 1.29 is 9.53 Å². The van der Waals surface area contributed by atoms with Gasteiger partial charge in [0.2, 0.25) is 5.91 Å². The molecule has 1 saturated carbocycles. The predicted molar refractivity (Wildman–Crippen MR) is 65.1 cm³/mol. The third-order valence-electron chi connectivity index (χ3n) is 3.31. The minimum absolute atomic E-state index is 0.106. The molecule has 3 heteroatoms. The van der Waals surface area contributed by atoms with Crippen LogP contribution in [0.15, 0.2) is 11.6 Å². The van der Waals surface area contributed by atoms with E-state index in [4.69, 9.17) is 4.74 Å². The van der Waals surface area contributed by atoms with Gasteiger partial charge in [-0.1, -0.05) is 25.5 Å². The van der Waals surface area contributed by atoms with E-state index < -0.39 is 0 Å². The zero-order valence-corrected chi connectivity index (χ0v) is 11.0. The molecule has 1 N–H and O–H groups in total. The van der Waals surface area contributed by atoms with Crippen molar-refractivity contribution in [3.63, 3.8) is 0 Å². The quantitative estimate of drug-likeness (QED) is 0.574. The Labute approximate surface area is 98.2 Å². The van der Waals surface area contributed by atoms with Crippen molar-refractivity contribution in [1.82, 2.24) is 5.32 Å². The molecule has 0 aromatic rings. The van der Waals surface area contributed by atoms with Crippen LogP contribution in [0.3, 0.4) is 0 Å². The van der Waals surface area contributed by atoms with Crippen LogP contribution < -0.4 is 5.32 Å². The van der Waals surface area contributed by atoms with Crippen LogP contribution in [-0.4, -0.2) is 26.2 Å². The van der Waals surface area contributed by atoms with Gasteiger partial charge in [0.25, 0.3) is 0 Å². The summed E-state index contributed by atoms with van der Waals surface area (Å²) in [5.41, 5.74) is 1.39. The van der Waals surface area contributed by atoms with Gasteiger partial charge in [-0.05, 0) is 25.2 Å². The average Bonchev–Trinajstić information content (AvgIpc) is 2.67. The minimum atomic E-state index is 0.106. The second-order valence-corrected chi connectivity index (χ2v) is 5.35. The van der Waals surface area contributed by atoms with E-state index >= 15 is 0 Å². The van der Waals surface area contributed by atoms with Gasteiger partial charge in [-0.3, -0.25) is 4.79 Å². The third kappa shape index (κ3) is 2.85. The molecule has 1 rings (SSSR count). The minimum Gasteiger partial charge on any atom is -0.383 e. The molecule has 0 aromatic heterocycles. The van der Waals surface area contributed by atoms with Crippen LogP contribution >= 0.6 is 0 Å². The zero-order chi connectivity index (χ0) is 12.3. The summed E-state index contributed by atoms with van der Waals surface area (Å²) in [5.74, 6) is 0.670. The third-order valence-corrected chi connectivity index (χ3v) is 3.31. The summed E-state index contributed by atoms with van der Waals surface area (Å²) >= 11 is 0. The molecule has 0 heterocycles. The van der Waals surface area contributed by atoms with Gasteiger partial charge in [0.15, 0.2) is 0 Å². The summed E-state index contributed by atoms with van der Waals surface area (Å²) in [6, 6.07) is 0. The van der Waals surface area contributed by atoms with E-state index in [1.165, 1.54) is 5.57 Å². The molecule has 1 fully saturated rings. The molecule has 16 heavy (non-hydrogen) atoms. The van der Waals surface area contributed by atoms with Gasteiger partial charge in [-0.2, -0.15) is 0 Å². The van der Waals surface area contributed by atoms with E-state index in [1.54, 1.807) is 7.11 Å². The van der Waals surface area contributed by atoms with Crippen molar-refractivity contribution in [2.24, 2.45) is 17.3 Å². The van der Waals surface area contributed by atoms with Crippen molar-refractivity contribution in [2.45, 2.75) is 27.7 Å². The maximum absolute atomic E-state index is 11.9. The highest BCUT2D eigenvalue weighted by molar-refractivity contribution is 5.83. The Morgan fingerprint density at radius 2 is 2.06 bits per heavy atom. The number of hydrogen-bond donors (Lipinski definition) is 1. The Balaban J connectivity index is 2.49. The Kier molecular flexibility index (Phi) is 4.14. The molecule has 2 unspecified atom stereocenters. The number of ether oxygens (including phenoxy) is 1. The van der Waals surface area contributed by atoms with Crippen LogP contribution in [0.25, 0.3) is 0 Å². The summed E-state index contributed by atoms with van der Waals surface area (Å²) in [7, 11) is 1.64. The largest absolute Gasteiger partial charge is 0.383 e. The van der Waals surface area contributed by atoms with Crippen molar-refractivity contribution in [3.05, 3.63) is 11.6 Å². The predicted octanol–water partition coefficient (Wildman–Crippen LogP) is 1.99. The maximum atomic E-state index is 11.9. The number of hydrogen-bond acceptors (Lipinski definition) is 2. The highest BCUT2D eigenvalue weighted by atomic mass is 16.5. The number of amides is 1. The second-order valence-electron chi connectivity index (χ2n) is 5.35. The standard InChI is InChI=1S/C13H23NO2/c1-9(2)8-10-11(13(10,3)4)12(15)14-6-7-16-5/h8,10-11H,6-7H2,1-5H3,(H,14,15). The highest BCUT2D eigenvalue weighted by Crippen LogP contribution is 2.59. The van der Waals surface area contributed by atoms with Gasteiger partial charge in [0.1, 0.15) is 0 Å². The highest BCUT2D eigenvalue weighted by Gasteiger charge is 2.60.